The van der Waals surface area contributed by atoms with Crippen LogP contribution in [0.1, 0.15) is 23.9 Å². The fraction of sp³-hybridized carbons (Fsp3) is 0.615. The molecule has 0 spiro atoms. The van der Waals surface area contributed by atoms with Crippen LogP contribution >= 0.6 is 11.3 Å². The van der Waals surface area contributed by atoms with Gasteiger partial charge in [-0.2, -0.15) is 13.2 Å². The Labute approximate surface area is 129 Å². The summed E-state index contributed by atoms with van der Waals surface area (Å²) in [6.45, 7) is 2.30. The summed E-state index contributed by atoms with van der Waals surface area (Å²) >= 11 is 1.32. The summed E-state index contributed by atoms with van der Waals surface area (Å²) in [6, 6.07) is 0. The number of aryl methyl sites for hydroxylation is 2. The number of aromatic nitrogens is 1. The van der Waals surface area contributed by atoms with E-state index in [2.05, 4.69) is 10.3 Å². The number of anilines is 1. The molecule has 0 bridgehead atoms. The largest absolute Gasteiger partial charge is 0.406 e. The molecule has 1 aliphatic rings. The second kappa shape index (κ2) is 6.23. The van der Waals surface area contributed by atoms with Gasteiger partial charge in [-0.1, -0.05) is 6.92 Å². The number of rotatable bonds is 4. The molecule has 2 amide bonds. The maximum absolute atomic E-state index is 12.3. The first kappa shape index (κ1) is 16.7. The molecular weight excluding hydrogens is 319 g/mol. The monoisotopic (exact) mass is 335 g/mol. The molecule has 1 N–H and O–H groups in total. The molecule has 2 rings (SSSR count). The number of alkyl halides is 3. The van der Waals surface area contributed by atoms with Gasteiger partial charge in [0.15, 0.2) is 5.13 Å². The van der Waals surface area contributed by atoms with Crippen molar-refractivity contribution >= 4 is 28.3 Å². The van der Waals surface area contributed by atoms with Crippen molar-refractivity contribution in [3.05, 3.63) is 10.6 Å². The number of carbonyl (C=O) groups is 2. The molecule has 0 aliphatic carbocycles. The Balaban J connectivity index is 1.97. The second-order valence-corrected chi connectivity index (χ2v) is 6.36. The van der Waals surface area contributed by atoms with E-state index in [1.807, 2.05) is 13.8 Å². The third kappa shape index (κ3) is 3.96. The van der Waals surface area contributed by atoms with E-state index in [4.69, 9.17) is 0 Å². The molecule has 5 nitrogen and oxygen atoms in total. The van der Waals surface area contributed by atoms with Crippen molar-refractivity contribution in [1.29, 1.82) is 0 Å². The van der Waals surface area contributed by atoms with Crippen LogP contribution in [-0.4, -0.2) is 41.0 Å². The molecular formula is C13H16F3N3O2S. The lowest BCUT2D eigenvalue weighted by atomic mass is 10.1. The molecule has 0 radical (unpaired) electrons. The number of thiazole rings is 1. The second-order valence-electron chi connectivity index (χ2n) is 5.16. The van der Waals surface area contributed by atoms with Crippen molar-refractivity contribution in [1.82, 2.24) is 9.88 Å². The summed E-state index contributed by atoms with van der Waals surface area (Å²) in [5.74, 6) is -1.89. The average molecular weight is 335 g/mol. The van der Waals surface area contributed by atoms with Crippen LogP contribution in [0.4, 0.5) is 18.3 Å². The molecule has 0 aromatic carbocycles. The van der Waals surface area contributed by atoms with Gasteiger partial charge in [0.1, 0.15) is 6.54 Å². The fourth-order valence-electron chi connectivity index (χ4n) is 2.33. The van der Waals surface area contributed by atoms with Crippen molar-refractivity contribution < 1.29 is 22.8 Å². The van der Waals surface area contributed by atoms with Gasteiger partial charge in [0.2, 0.25) is 11.8 Å². The fourth-order valence-corrected chi connectivity index (χ4v) is 3.24. The summed E-state index contributed by atoms with van der Waals surface area (Å²) in [4.78, 5) is 29.5. The van der Waals surface area contributed by atoms with E-state index in [9.17, 15) is 22.8 Å². The molecule has 1 aromatic heterocycles. The van der Waals surface area contributed by atoms with Gasteiger partial charge in [-0.15, -0.1) is 11.3 Å². The van der Waals surface area contributed by atoms with Crippen molar-refractivity contribution in [2.24, 2.45) is 5.92 Å². The Bertz CT molecular complexity index is 586. The summed E-state index contributed by atoms with van der Waals surface area (Å²) < 4.78 is 37.0. The van der Waals surface area contributed by atoms with Crippen LogP contribution in [-0.2, 0) is 16.0 Å². The van der Waals surface area contributed by atoms with Gasteiger partial charge in [-0.25, -0.2) is 4.98 Å². The van der Waals surface area contributed by atoms with Gasteiger partial charge in [0, 0.05) is 17.8 Å². The number of likely N-dealkylation sites (tertiary alicyclic amines) is 1. The third-order valence-electron chi connectivity index (χ3n) is 3.41. The first-order valence-electron chi connectivity index (χ1n) is 6.81. The van der Waals surface area contributed by atoms with E-state index in [0.29, 0.717) is 10.0 Å². The predicted octanol–water partition coefficient (Wildman–Crippen LogP) is 2.36. The molecule has 122 valence electrons. The van der Waals surface area contributed by atoms with Gasteiger partial charge in [0.05, 0.1) is 11.6 Å². The van der Waals surface area contributed by atoms with Crippen LogP contribution in [0.3, 0.4) is 0 Å². The highest BCUT2D eigenvalue weighted by Crippen LogP contribution is 2.26. The molecule has 2 heterocycles. The smallest absolute Gasteiger partial charge is 0.333 e. The van der Waals surface area contributed by atoms with Crippen molar-refractivity contribution in [2.75, 3.05) is 18.4 Å². The highest BCUT2D eigenvalue weighted by Gasteiger charge is 2.40. The molecule has 9 heteroatoms. The average Bonchev–Trinajstić information content (AvgIpc) is 2.91. The normalized spacial score (nSPS) is 18.9. The van der Waals surface area contributed by atoms with Gasteiger partial charge in [-0.05, 0) is 13.3 Å². The van der Waals surface area contributed by atoms with Crippen LogP contribution in [0, 0.1) is 12.8 Å². The van der Waals surface area contributed by atoms with Crippen LogP contribution in [0.2, 0.25) is 0 Å². The number of halogens is 3. The molecule has 22 heavy (non-hydrogen) atoms. The van der Waals surface area contributed by atoms with Crippen molar-refractivity contribution in [3.63, 3.8) is 0 Å². The SMILES string of the molecule is CCc1nc(NC(=O)C2CC(=O)N(CC(F)(F)F)C2)sc1C. The molecule has 1 aliphatic heterocycles. The summed E-state index contributed by atoms with van der Waals surface area (Å²) in [5, 5.41) is 3.01. The van der Waals surface area contributed by atoms with E-state index in [1.54, 1.807) is 0 Å². The minimum atomic E-state index is -4.45. The van der Waals surface area contributed by atoms with E-state index >= 15 is 0 Å². The quantitative estimate of drug-likeness (QED) is 0.919. The highest BCUT2D eigenvalue weighted by atomic mass is 32.1. The van der Waals surface area contributed by atoms with Crippen LogP contribution in [0.15, 0.2) is 0 Å². The zero-order valence-electron chi connectivity index (χ0n) is 12.2. The molecule has 1 atom stereocenters. The number of nitrogens with one attached hydrogen (secondary N) is 1. The Morgan fingerprint density at radius 3 is 2.73 bits per heavy atom. The number of amides is 2. The summed E-state index contributed by atoms with van der Waals surface area (Å²) in [5.41, 5.74) is 0.876. The standard InChI is InChI=1S/C13H16F3N3O2S/c1-3-9-7(2)22-12(17-9)18-11(21)8-4-10(20)19(5-8)6-13(14,15)16/h8H,3-6H2,1-2H3,(H,17,18,21). The number of carbonyl (C=O) groups excluding carboxylic acids is 2. The maximum Gasteiger partial charge on any atom is 0.406 e. The zero-order valence-corrected chi connectivity index (χ0v) is 13.0. The van der Waals surface area contributed by atoms with Gasteiger partial charge < -0.3 is 10.2 Å². The molecule has 1 saturated heterocycles. The molecule has 0 saturated carbocycles. The van der Waals surface area contributed by atoms with Crippen LogP contribution in [0.25, 0.3) is 0 Å². The van der Waals surface area contributed by atoms with Crippen LogP contribution in [0.5, 0.6) is 0 Å². The lowest BCUT2D eigenvalue weighted by Gasteiger charge is -2.18. The molecule has 1 unspecified atom stereocenters. The minimum absolute atomic E-state index is 0.201. The zero-order chi connectivity index (χ0) is 16.5. The summed E-state index contributed by atoms with van der Waals surface area (Å²) in [6.07, 6.45) is -3.92. The first-order valence-corrected chi connectivity index (χ1v) is 7.63. The van der Waals surface area contributed by atoms with E-state index in [0.717, 1.165) is 17.0 Å². The first-order chi connectivity index (χ1) is 10.2. The number of hydrogen-bond acceptors (Lipinski definition) is 4. The van der Waals surface area contributed by atoms with Gasteiger partial charge >= 0.3 is 6.18 Å². The number of hydrogen-bond donors (Lipinski definition) is 1. The van der Waals surface area contributed by atoms with Crippen molar-refractivity contribution in [2.45, 2.75) is 32.9 Å². The lowest BCUT2D eigenvalue weighted by Crippen LogP contribution is -2.36. The molecule has 1 aromatic rings. The van der Waals surface area contributed by atoms with E-state index < -0.39 is 30.5 Å². The Hall–Kier alpha value is -1.64. The minimum Gasteiger partial charge on any atom is -0.333 e. The topological polar surface area (TPSA) is 62.3 Å². The Morgan fingerprint density at radius 1 is 1.50 bits per heavy atom. The summed E-state index contributed by atoms with van der Waals surface area (Å²) in [7, 11) is 0. The molecule has 1 fully saturated rings. The number of nitrogens with zero attached hydrogens (tertiary/aromatic N) is 2. The van der Waals surface area contributed by atoms with Gasteiger partial charge in [-0.3, -0.25) is 9.59 Å². The maximum atomic E-state index is 12.3. The van der Waals surface area contributed by atoms with Crippen molar-refractivity contribution in [3.8, 4) is 0 Å². The van der Waals surface area contributed by atoms with E-state index in [1.165, 1.54) is 11.3 Å². The van der Waals surface area contributed by atoms with Gasteiger partial charge in [0.25, 0.3) is 0 Å². The predicted molar refractivity (Wildman–Crippen MR) is 75.6 cm³/mol. The van der Waals surface area contributed by atoms with E-state index in [-0.39, 0.29) is 13.0 Å². The third-order valence-corrected chi connectivity index (χ3v) is 4.34. The Kier molecular flexibility index (Phi) is 4.74. The highest BCUT2D eigenvalue weighted by molar-refractivity contribution is 7.15. The Morgan fingerprint density at radius 2 is 2.18 bits per heavy atom. The lowest BCUT2D eigenvalue weighted by molar-refractivity contribution is -0.157. The van der Waals surface area contributed by atoms with Crippen LogP contribution < -0.4 is 5.32 Å².